The van der Waals surface area contributed by atoms with Crippen molar-refractivity contribution < 1.29 is 9.72 Å². The second-order valence-electron chi connectivity index (χ2n) is 4.87. The van der Waals surface area contributed by atoms with Crippen molar-refractivity contribution in [1.82, 2.24) is 4.90 Å². The third-order valence-corrected chi connectivity index (χ3v) is 3.53. The van der Waals surface area contributed by atoms with E-state index in [2.05, 4.69) is 5.32 Å². The molecule has 6 heteroatoms. The van der Waals surface area contributed by atoms with Crippen LogP contribution in [0.4, 0.5) is 11.4 Å². The van der Waals surface area contributed by atoms with Crippen LogP contribution in [0.3, 0.4) is 0 Å². The average Bonchev–Trinajstić information content (AvgIpc) is 2.47. The number of benzene rings is 1. The van der Waals surface area contributed by atoms with E-state index in [9.17, 15) is 14.9 Å². The zero-order valence-corrected chi connectivity index (χ0v) is 13.0. The minimum atomic E-state index is -0.507. The molecule has 0 heterocycles. The fraction of sp³-hybridized carbons (Fsp3) is 0.533. The summed E-state index contributed by atoms with van der Waals surface area (Å²) in [6.45, 7) is 8.96. The van der Waals surface area contributed by atoms with Crippen molar-refractivity contribution in [3.05, 3.63) is 33.9 Å². The maximum absolute atomic E-state index is 12.7. The second kappa shape index (κ2) is 7.61. The molecule has 21 heavy (non-hydrogen) atoms. The zero-order chi connectivity index (χ0) is 16.0. The Kier molecular flexibility index (Phi) is 6.14. The van der Waals surface area contributed by atoms with Gasteiger partial charge in [0, 0.05) is 30.9 Å². The summed E-state index contributed by atoms with van der Waals surface area (Å²) >= 11 is 0. The lowest BCUT2D eigenvalue weighted by Gasteiger charge is -2.27. The SMILES string of the molecule is CCNc1ccc([N+](=O)[O-])c(C(=O)N(CC)C(C)CC)c1. The van der Waals surface area contributed by atoms with Gasteiger partial charge >= 0.3 is 0 Å². The van der Waals surface area contributed by atoms with E-state index in [-0.39, 0.29) is 23.2 Å². The average molecular weight is 293 g/mol. The number of hydrogen-bond donors (Lipinski definition) is 1. The van der Waals surface area contributed by atoms with Crippen molar-refractivity contribution in [2.75, 3.05) is 18.4 Å². The standard InChI is InChI=1S/C15H23N3O3/c1-5-11(4)17(7-3)15(19)13-10-12(16-6-2)8-9-14(13)18(20)21/h8-11,16H,5-7H2,1-4H3. The molecule has 1 N–H and O–H groups in total. The van der Waals surface area contributed by atoms with Gasteiger partial charge in [-0.25, -0.2) is 0 Å². The molecule has 1 unspecified atom stereocenters. The van der Waals surface area contributed by atoms with Crippen LogP contribution in [-0.2, 0) is 0 Å². The van der Waals surface area contributed by atoms with Crippen LogP contribution in [0.1, 0.15) is 44.5 Å². The van der Waals surface area contributed by atoms with Crippen LogP contribution >= 0.6 is 0 Å². The Bertz CT molecular complexity index is 517. The fourth-order valence-corrected chi connectivity index (χ4v) is 2.21. The smallest absolute Gasteiger partial charge is 0.282 e. The molecule has 0 aromatic heterocycles. The molecule has 0 fully saturated rings. The molecule has 0 aliphatic rings. The summed E-state index contributed by atoms with van der Waals surface area (Å²) in [7, 11) is 0. The van der Waals surface area contributed by atoms with E-state index in [0.29, 0.717) is 18.8 Å². The van der Waals surface area contributed by atoms with Crippen LogP contribution in [0.15, 0.2) is 18.2 Å². The van der Waals surface area contributed by atoms with Gasteiger partial charge in [0.2, 0.25) is 0 Å². The minimum absolute atomic E-state index is 0.0462. The second-order valence-corrected chi connectivity index (χ2v) is 4.87. The maximum atomic E-state index is 12.7. The number of nitro benzene ring substituents is 1. The summed E-state index contributed by atoms with van der Waals surface area (Å²) in [6, 6.07) is 4.62. The number of rotatable bonds is 7. The number of amides is 1. The molecular formula is C15H23N3O3. The van der Waals surface area contributed by atoms with E-state index in [1.807, 2.05) is 27.7 Å². The van der Waals surface area contributed by atoms with Gasteiger partial charge in [-0.05, 0) is 39.3 Å². The monoisotopic (exact) mass is 293 g/mol. The summed E-state index contributed by atoms with van der Waals surface area (Å²) in [5, 5.41) is 14.2. The lowest BCUT2D eigenvalue weighted by Crippen LogP contribution is -2.38. The molecule has 1 rings (SSSR count). The van der Waals surface area contributed by atoms with Crippen LogP contribution < -0.4 is 5.32 Å². The van der Waals surface area contributed by atoms with E-state index >= 15 is 0 Å². The Balaban J connectivity index is 3.26. The van der Waals surface area contributed by atoms with Gasteiger partial charge in [-0.3, -0.25) is 14.9 Å². The Morgan fingerprint density at radius 1 is 1.38 bits per heavy atom. The first-order valence-electron chi connectivity index (χ1n) is 7.29. The molecule has 0 radical (unpaired) electrons. The van der Waals surface area contributed by atoms with Crippen LogP contribution in [0.25, 0.3) is 0 Å². The van der Waals surface area contributed by atoms with Gasteiger partial charge in [-0.1, -0.05) is 6.92 Å². The first kappa shape index (κ1) is 16.9. The number of anilines is 1. The molecule has 6 nitrogen and oxygen atoms in total. The zero-order valence-electron chi connectivity index (χ0n) is 13.0. The van der Waals surface area contributed by atoms with E-state index in [0.717, 1.165) is 6.42 Å². The van der Waals surface area contributed by atoms with Crippen molar-refractivity contribution in [3.63, 3.8) is 0 Å². The number of carbonyl (C=O) groups excluding carboxylic acids is 1. The van der Waals surface area contributed by atoms with Crippen LogP contribution in [-0.4, -0.2) is 34.9 Å². The molecule has 0 aliphatic heterocycles. The largest absolute Gasteiger partial charge is 0.385 e. The number of hydrogen-bond acceptors (Lipinski definition) is 4. The van der Waals surface area contributed by atoms with Gasteiger partial charge in [0.25, 0.3) is 11.6 Å². The predicted molar refractivity (Wildman–Crippen MR) is 83.7 cm³/mol. The molecule has 0 saturated heterocycles. The molecule has 0 bridgehead atoms. The Labute approximate surface area is 125 Å². The number of nitrogens with zero attached hydrogens (tertiary/aromatic N) is 2. The molecule has 0 spiro atoms. The Morgan fingerprint density at radius 2 is 2.05 bits per heavy atom. The van der Waals surface area contributed by atoms with Crippen molar-refractivity contribution in [3.8, 4) is 0 Å². The number of nitrogens with one attached hydrogen (secondary N) is 1. The van der Waals surface area contributed by atoms with Gasteiger partial charge in [0.05, 0.1) is 4.92 Å². The van der Waals surface area contributed by atoms with Crippen LogP contribution in [0.5, 0.6) is 0 Å². The quantitative estimate of drug-likeness (QED) is 0.618. The summed E-state index contributed by atoms with van der Waals surface area (Å²) < 4.78 is 0. The highest BCUT2D eigenvalue weighted by Gasteiger charge is 2.26. The third-order valence-electron chi connectivity index (χ3n) is 3.53. The van der Waals surface area contributed by atoms with Crippen molar-refractivity contribution >= 4 is 17.3 Å². The van der Waals surface area contributed by atoms with E-state index in [4.69, 9.17) is 0 Å². The number of carbonyl (C=O) groups is 1. The van der Waals surface area contributed by atoms with E-state index in [1.165, 1.54) is 6.07 Å². The third kappa shape index (κ3) is 3.93. The summed E-state index contributed by atoms with van der Waals surface area (Å²) in [5.41, 5.74) is 0.704. The van der Waals surface area contributed by atoms with Crippen molar-refractivity contribution in [1.29, 1.82) is 0 Å². The normalized spacial score (nSPS) is 11.8. The molecule has 1 aromatic rings. The van der Waals surface area contributed by atoms with Gasteiger partial charge in [-0.2, -0.15) is 0 Å². The first-order chi connectivity index (χ1) is 9.96. The predicted octanol–water partition coefficient (Wildman–Crippen LogP) is 3.29. The molecule has 1 atom stereocenters. The van der Waals surface area contributed by atoms with Crippen LogP contribution in [0.2, 0.25) is 0 Å². The lowest BCUT2D eigenvalue weighted by molar-refractivity contribution is -0.385. The molecular weight excluding hydrogens is 270 g/mol. The molecule has 1 aromatic carbocycles. The van der Waals surface area contributed by atoms with Crippen LogP contribution in [0, 0.1) is 10.1 Å². The lowest BCUT2D eigenvalue weighted by atomic mass is 10.1. The first-order valence-corrected chi connectivity index (χ1v) is 7.29. The maximum Gasteiger partial charge on any atom is 0.282 e. The Hall–Kier alpha value is -2.11. The summed E-state index contributed by atoms with van der Waals surface area (Å²) in [5.74, 6) is -0.293. The highest BCUT2D eigenvalue weighted by Crippen LogP contribution is 2.25. The Morgan fingerprint density at radius 3 is 2.52 bits per heavy atom. The van der Waals surface area contributed by atoms with E-state index < -0.39 is 4.92 Å². The molecule has 0 saturated carbocycles. The summed E-state index contributed by atoms with van der Waals surface area (Å²) in [4.78, 5) is 25.0. The highest BCUT2D eigenvalue weighted by molar-refractivity contribution is 5.99. The van der Waals surface area contributed by atoms with Gasteiger partial charge in [0.15, 0.2) is 0 Å². The van der Waals surface area contributed by atoms with E-state index in [1.54, 1.807) is 17.0 Å². The van der Waals surface area contributed by atoms with Crippen molar-refractivity contribution in [2.45, 2.75) is 40.2 Å². The molecule has 0 aliphatic carbocycles. The van der Waals surface area contributed by atoms with Crippen molar-refractivity contribution in [2.24, 2.45) is 0 Å². The minimum Gasteiger partial charge on any atom is -0.385 e. The summed E-state index contributed by atoms with van der Waals surface area (Å²) in [6.07, 6.45) is 0.806. The van der Waals surface area contributed by atoms with Gasteiger partial charge < -0.3 is 10.2 Å². The number of nitro groups is 1. The topological polar surface area (TPSA) is 75.5 Å². The van der Waals surface area contributed by atoms with Gasteiger partial charge in [0.1, 0.15) is 5.56 Å². The highest BCUT2D eigenvalue weighted by atomic mass is 16.6. The van der Waals surface area contributed by atoms with Gasteiger partial charge in [-0.15, -0.1) is 0 Å². The molecule has 116 valence electrons. The fourth-order valence-electron chi connectivity index (χ4n) is 2.21. The molecule has 1 amide bonds.